The van der Waals surface area contributed by atoms with E-state index in [4.69, 9.17) is 9.47 Å². The Bertz CT molecular complexity index is 662. The molecule has 4 nitrogen and oxygen atoms in total. The molecule has 0 aliphatic rings. The third-order valence-electron chi connectivity index (χ3n) is 2.91. The molecule has 1 aromatic heterocycles. The first kappa shape index (κ1) is 14.1. The van der Waals surface area contributed by atoms with E-state index in [-0.39, 0.29) is 5.97 Å². The maximum Gasteiger partial charge on any atom is 0.330 e. The van der Waals surface area contributed by atoms with E-state index < -0.39 is 0 Å². The molecule has 104 valence electrons. The van der Waals surface area contributed by atoms with E-state index in [9.17, 15) is 4.79 Å². The van der Waals surface area contributed by atoms with E-state index in [2.05, 4.69) is 4.98 Å². The molecule has 0 unspecified atom stereocenters. The van der Waals surface area contributed by atoms with Crippen LogP contribution in [0.15, 0.2) is 30.3 Å². The number of nitrogens with zero attached hydrogens (tertiary/aromatic N) is 1. The lowest BCUT2D eigenvalue weighted by atomic mass is 10.1. The summed E-state index contributed by atoms with van der Waals surface area (Å²) in [6.45, 7) is 4.13. The van der Waals surface area contributed by atoms with Gasteiger partial charge in [-0.2, -0.15) is 0 Å². The third kappa shape index (κ3) is 2.96. The number of esters is 1. The molecule has 0 spiro atoms. The van der Waals surface area contributed by atoms with Crippen molar-refractivity contribution in [1.29, 1.82) is 0 Å². The summed E-state index contributed by atoms with van der Waals surface area (Å²) in [7, 11) is 1.64. The van der Waals surface area contributed by atoms with Crippen LogP contribution in [0.3, 0.4) is 0 Å². The maximum atomic E-state index is 11.3. The highest BCUT2D eigenvalue weighted by Crippen LogP contribution is 2.28. The summed E-state index contributed by atoms with van der Waals surface area (Å²) in [6, 6.07) is 7.64. The van der Waals surface area contributed by atoms with Crippen LogP contribution in [-0.2, 0) is 9.53 Å². The van der Waals surface area contributed by atoms with Gasteiger partial charge >= 0.3 is 5.97 Å². The van der Waals surface area contributed by atoms with Gasteiger partial charge in [-0.05, 0) is 43.7 Å². The second kappa shape index (κ2) is 6.19. The zero-order chi connectivity index (χ0) is 14.5. The van der Waals surface area contributed by atoms with Gasteiger partial charge in [0, 0.05) is 11.5 Å². The number of hydrogen-bond acceptors (Lipinski definition) is 4. The Labute approximate surface area is 118 Å². The summed E-state index contributed by atoms with van der Waals surface area (Å²) < 4.78 is 10.2. The summed E-state index contributed by atoms with van der Waals surface area (Å²) in [4.78, 5) is 15.8. The molecule has 0 amide bonds. The molecular formula is C16H17NO3. The van der Waals surface area contributed by atoms with Gasteiger partial charge in [0.05, 0.1) is 24.9 Å². The van der Waals surface area contributed by atoms with E-state index in [0.29, 0.717) is 6.61 Å². The van der Waals surface area contributed by atoms with Crippen molar-refractivity contribution in [2.24, 2.45) is 0 Å². The van der Waals surface area contributed by atoms with Crippen molar-refractivity contribution in [2.45, 2.75) is 13.8 Å². The van der Waals surface area contributed by atoms with Crippen LogP contribution in [0.1, 0.15) is 18.2 Å². The fraction of sp³-hybridized carbons (Fsp3) is 0.250. The summed E-state index contributed by atoms with van der Waals surface area (Å²) >= 11 is 0. The topological polar surface area (TPSA) is 48.4 Å². The molecule has 0 saturated heterocycles. The van der Waals surface area contributed by atoms with Crippen LogP contribution < -0.4 is 4.74 Å². The van der Waals surface area contributed by atoms with Crippen LogP contribution in [0.25, 0.3) is 17.0 Å². The average molecular weight is 271 g/mol. The fourth-order valence-corrected chi connectivity index (χ4v) is 2.07. The first-order valence-corrected chi connectivity index (χ1v) is 6.45. The number of benzene rings is 1. The Balaban J connectivity index is 2.41. The third-order valence-corrected chi connectivity index (χ3v) is 2.91. The van der Waals surface area contributed by atoms with Gasteiger partial charge in [-0.15, -0.1) is 0 Å². The number of fused-ring (bicyclic) bond motifs is 1. The molecule has 2 rings (SSSR count). The number of rotatable bonds is 4. The van der Waals surface area contributed by atoms with Crippen molar-refractivity contribution in [3.8, 4) is 5.75 Å². The fourth-order valence-electron chi connectivity index (χ4n) is 2.07. The van der Waals surface area contributed by atoms with E-state index in [0.717, 1.165) is 27.9 Å². The number of aryl methyl sites for hydroxylation is 1. The summed E-state index contributed by atoms with van der Waals surface area (Å²) in [5, 5.41) is 0.989. The molecule has 1 aromatic carbocycles. The first-order valence-electron chi connectivity index (χ1n) is 6.45. The number of carbonyl (C=O) groups excluding carboxylic acids is 1. The molecule has 0 N–H and O–H groups in total. The SMILES string of the molecule is CCOC(=O)/C=C/c1cc(C)c2c(OC)cccc2n1. The minimum Gasteiger partial charge on any atom is -0.496 e. The maximum absolute atomic E-state index is 11.3. The first-order chi connectivity index (χ1) is 9.65. The van der Waals surface area contributed by atoms with Crippen LogP contribution in [0.5, 0.6) is 5.75 Å². The van der Waals surface area contributed by atoms with Crippen LogP contribution in [0.4, 0.5) is 0 Å². The molecule has 0 atom stereocenters. The molecule has 0 fully saturated rings. The second-order valence-electron chi connectivity index (χ2n) is 4.30. The van der Waals surface area contributed by atoms with E-state index in [1.165, 1.54) is 6.08 Å². The predicted molar refractivity (Wildman–Crippen MR) is 78.7 cm³/mol. The highest BCUT2D eigenvalue weighted by molar-refractivity contribution is 5.91. The van der Waals surface area contributed by atoms with Gasteiger partial charge in [-0.1, -0.05) is 6.07 Å². The molecule has 1 heterocycles. The van der Waals surface area contributed by atoms with Gasteiger partial charge in [0.2, 0.25) is 0 Å². The van der Waals surface area contributed by atoms with Crippen LogP contribution in [-0.4, -0.2) is 24.7 Å². The normalized spacial score (nSPS) is 10.9. The molecular weight excluding hydrogens is 254 g/mol. The minimum absolute atomic E-state index is 0.363. The molecule has 0 aliphatic heterocycles. The van der Waals surface area contributed by atoms with E-state index in [1.807, 2.05) is 31.2 Å². The lowest BCUT2D eigenvalue weighted by Gasteiger charge is -2.08. The highest BCUT2D eigenvalue weighted by Gasteiger charge is 2.06. The summed E-state index contributed by atoms with van der Waals surface area (Å²) in [6.07, 6.45) is 3.04. The number of pyridine rings is 1. The summed E-state index contributed by atoms with van der Waals surface area (Å²) in [5.74, 6) is 0.436. The van der Waals surface area contributed by atoms with Gasteiger partial charge in [-0.3, -0.25) is 0 Å². The van der Waals surface area contributed by atoms with Crippen molar-refractivity contribution in [3.63, 3.8) is 0 Å². The van der Waals surface area contributed by atoms with Crippen molar-refractivity contribution in [2.75, 3.05) is 13.7 Å². The van der Waals surface area contributed by atoms with Crippen LogP contribution >= 0.6 is 0 Å². The van der Waals surface area contributed by atoms with Crippen molar-refractivity contribution in [1.82, 2.24) is 4.98 Å². The lowest BCUT2D eigenvalue weighted by Crippen LogP contribution is -1.99. The number of aromatic nitrogens is 1. The molecule has 0 aliphatic carbocycles. The highest BCUT2D eigenvalue weighted by atomic mass is 16.5. The monoisotopic (exact) mass is 271 g/mol. The Hall–Kier alpha value is -2.36. The van der Waals surface area contributed by atoms with Gasteiger partial charge in [0.1, 0.15) is 5.75 Å². The Kier molecular flexibility index (Phi) is 4.35. The number of carbonyl (C=O) groups is 1. The molecule has 0 radical (unpaired) electrons. The number of ether oxygens (including phenoxy) is 2. The molecule has 4 heteroatoms. The average Bonchev–Trinajstić information content (AvgIpc) is 2.44. The predicted octanol–water partition coefficient (Wildman–Crippen LogP) is 3.13. The van der Waals surface area contributed by atoms with Gasteiger partial charge in [0.25, 0.3) is 0 Å². The molecule has 2 aromatic rings. The Morgan fingerprint density at radius 3 is 2.90 bits per heavy atom. The molecule has 0 bridgehead atoms. The van der Waals surface area contributed by atoms with Gasteiger partial charge in [-0.25, -0.2) is 9.78 Å². The Morgan fingerprint density at radius 2 is 2.20 bits per heavy atom. The zero-order valence-corrected chi connectivity index (χ0v) is 11.8. The van der Waals surface area contributed by atoms with Crippen molar-refractivity contribution >= 4 is 22.9 Å². The number of hydrogen-bond donors (Lipinski definition) is 0. The van der Waals surface area contributed by atoms with Gasteiger partial charge < -0.3 is 9.47 Å². The largest absolute Gasteiger partial charge is 0.496 e. The quantitative estimate of drug-likeness (QED) is 0.633. The second-order valence-corrected chi connectivity index (χ2v) is 4.30. The lowest BCUT2D eigenvalue weighted by molar-refractivity contribution is -0.137. The van der Waals surface area contributed by atoms with E-state index in [1.54, 1.807) is 20.1 Å². The number of methoxy groups -OCH3 is 1. The van der Waals surface area contributed by atoms with Gasteiger partial charge in [0.15, 0.2) is 0 Å². The van der Waals surface area contributed by atoms with Crippen molar-refractivity contribution in [3.05, 3.63) is 41.6 Å². The van der Waals surface area contributed by atoms with Crippen LogP contribution in [0.2, 0.25) is 0 Å². The molecule has 0 saturated carbocycles. The summed E-state index contributed by atoms with van der Waals surface area (Å²) in [5.41, 5.74) is 2.61. The zero-order valence-electron chi connectivity index (χ0n) is 11.8. The van der Waals surface area contributed by atoms with Crippen molar-refractivity contribution < 1.29 is 14.3 Å². The standard InChI is InChI=1S/C16H17NO3/c1-4-20-15(18)9-8-12-10-11(2)16-13(17-12)6-5-7-14(16)19-3/h5-10H,4H2,1-3H3/b9-8+. The van der Waals surface area contributed by atoms with E-state index >= 15 is 0 Å². The Morgan fingerprint density at radius 1 is 1.40 bits per heavy atom. The van der Waals surface area contributed by atoms with Crippen LogP contribution in [0, 0.1) is 6.92 Å². The minimum atomic E-state index is -0.363. The molecule has 20 heavy (non-hydrogen) atoms. The smallest absolute Gasteiger partial charge is 0.330 e.